The number of hydrogen-bond acceptors (Lipinski definition) is 6. The normalized spacial score (nSPS) is 10.7. The molecule has 4 rings (SSSR count). The summed E-state index contributed by atoms with van der Waals surface area (Å²) in [6, 6.07) is 28.0. The number of amides is 1. The van der Waals surface area contributed by atoms with Crippen molar-refractivity contribution in [2.45, 2.75) is 13.5 Å². The molecule has 1 amide bonds. The van der Waals surface area contributed by atoms with Gasteiger partial charge in [-0.2, -0.15) is 5.10 Å². The zero-order valence-corrected chi connectivity index (χ0v) is 21.4. The molecule has 7 nitrogen and oxygen atoms in total. The lowest BCUT2D eigenvalue weighted by Crippen LogP contribution is -2.17. The number of carbonyl (C=O) groups excluding carboxylic acids is 2. The molecule has 0 unspecified atom stereocenters. The number of carbonyl (C=O) groups is 2. The summed E-state index contributed by atoms with van der Waals surface area (Å²) in [4.78, 5) is 24.9. The molecule has 8 heteroatoms. The van der Waals surface area contributed by atoms with Crippen molar-refractivity contribution in [3.8, 4) is 17.2 Å². The van der Waals surface area contributed by atoms with E-state index in [1.165, 1.54) is 6.21 Å². The number of nitrogens with zero attached hydrogens (tertiary/aromatic N) is 1. The summed E-state index contributed by atoms with van der Waals surface area (Å²) in [6.45, 7) is 2.64. The maximum Gasteiger partial charge on any atom is 0.343 e. The Morgan fingerprint density at radius 2 is 1.55 bits per heavy atom. The number of nitrogens with one attached hydrogen (secondary N) is 1. The standard InChI is InChI=1S/C30H25ClN2O5/c1-2-36-28-18-22(8-17-27(28)38-30(35)24-9-13-25(31)14-10-24)19-32-33-29(34)23-11-15-26(16-12-23)37-20-21-6-4-3-5-7-21/h3-19H,2,20H2,1H3,(H,33,34)/b32-19-. The van der Waals surface area contributed by atoms with Crippen molar-refractivity contribution in [3.05, 3.63) is 124 Å². The summed E-state index contributed by atoms with van der Waals surface area (Å²) < 4.78 is 16.9. The molecule has 0 aromatic heterocycles. The SMILES string of the molecule is CCOc1cc(/C=N\NC(=O)c2ccc(OCc3ccccc3)cc2)ccc1OC(=O)c1ccc(Cl)cc1. The highest BCUT2D eigenvalue weighted by atomic mass is 35.5. The molecule has 0 heterocycles. The van der Waals surface area contributed by atoms with Crippen LogP contribution >= 0.6 is 11.6 Å². The predicted octanol–water partition coefficient (Wildman–Crippen LogP) is 6.30. The van der Waals surface area contributed by atoms with Gasteiger partial charge in [-0.3, -0.25) is 4.79 Å². The van der Waals surface area contributed by atoms with Crippen molar-refractivity contribution >= 4 is 29.7 Å². The first-order valence-electron chi connectivity index (χ1n) is 11.9. The van der Waals surface area contributed by atoms with Crippen molar-refractivity contribution in [3.63, 3.8) is 0 Å². The van der Waals surface area contributed by atoms with E-state index in [1.54, 1.807) is 66.7 Å². The minimum atomic E-state index is -0.534. The Labute approximate surface area is 225 Å². The van der Waals surface area contributed by atoms with Crippen LogP contribution in [0.2, 0.25) is 5.02 Å². The molecule has 0 atom stereocenters. The summed E-state index contributed by atoms with van der Waals surface area (Å²) in [7, 11) is 0. The van der Waals surface area contributed by atoms with Crippen molar-refractivity contribution in [1.29, 1.82) is 0 Å². The monoisotopic (exact) mass is 528 g/mol. The van der Waals surface area contributed by atoms with Crippen molar-refractivity contribution in [2.24, 2.45) is 5.10 Å². The van der Waals surface area contributed by atoms with Crippen LogP contribution in [0.4, 0.5) is 0 Å². The first-order valence-corrected chi connectivity index (χ1v) is 12.2. The van der Waals surface area contributed by atoms with Crippen LogP contribution in [0.5, 0.6) is 17.2 Å². The Balaban J connectivity index is 1.34. The summed E-state index contributed by atoms with van der Waals surface area (Å²) >= 11 is 5.88. The van der Waals surface area contributed by atoms with E-state index >= 15 is 0 Å². The molecule has 0 aliphatic heterocycles. The Hall–Kier alpha value is -4.62. The molecule has 1 N–H and O–H groups in total. The minimum absolute atomic E-state index is 0.266. The van der Waals surface area contributed by atoms with E-state index in [0.717, 1.165) is 5.56 Å². The van der Waals surface area contributed by atoms with Gasteiger partial charge in [0.15, 0.2) is 11.5 Å². The van der Waals surface area contributed by atoms with Gasteiger partial charge in [-0.1, -0.05) is 41.9 Å². The molecular formula is C30H25ClN2O5. The van der Waals surface area contributed by atoms with Gasteiger partial charge in [-0.15, -0.1) is 0 Å². The van der Waals surface area contributed by atoms with Gasteiger partial charge >= 0.3 is 5.97 Å². The molecule has 0 aliphatic rings. The lowest BCUT2D eigenvalue weighted by molar-refractivity contribution is 0.0728. The molecule has 4 aromatic carbocycles. The van der Waals surface area contributed by atoms with E-state index < -0.39 is 5.97 Å². The van der Waals surface area contributed by atoms with Crippen LogP contribution in [0.3, 0.4) is 0 Å². The number of hydrazone groups is 1. The number of benzene rings is 4. The lowest BCUT2D eigenvalue weighted by Gasteiger charge is -2.11. The zero-order chi connectivity index (χ0) is 26.7. The molecule has 0 saturated carbocycles. The van der Waals surface area contributed by atoms with Crippen molar-refractivity contribution < 1.29 is 23.8 Å². The second-order valence-corrected chi connectivity index (χ2v) is 8.47. The zero-order valence-electron chi connectivity index (χ0n) is 20.6. The van der Waals surface area contributed by atoms with Gasteiger partial charge in [0.05, 0.1) is 18.4 Å². The molecule has 0 aliphatic carbocycles. The number of rotatable bonds is 10. The molecule has 192 valence electrons. The summed E-state index contributed by atoms with van der Waals surface area (Å²) in [6.07, 6.45) is 1.47. The van der Waals surface area contributed by atoms with Crippen LogP contribution in [0.25, 0.3) is 0 Å². The third kappa shape index (κ3) is 7.44. The fourth-order valence-corrected chi connectivity index (χ4v) is 3.50. The van der Waals surface area contributed by atoms with E-state index in [1.807, 2.05) is 37.3 Å². The van der Waals surface area contributed by atoms with E-state index in [0.29, 0.717) is 46.4 Å². The van der Waals surface area contributed by atoms with Gasteiger partial charge in [0.25, 0.3) is 5.91 Å². The van der Waals surface area contributed by atoms with Crippen LogP contribution in [-0.4, -0.2) is 24.7 Å². The van der Waals surface area contributed by atoms with Gasteiger partial charge in [0.2, 0.25) is 0 Å². The Bertz CT molecular complexity index is 1410. The molecule has 4 aromatic rings. The highest BCUT2D eigenvalue weighted by molar-refractivity contribution is 6.30. The first kappa shape index (κ1) is 26.4. The second-order valence-electron chi connectivity index (χ2n) is 8.03. The predicted molar refractivity (Wildman–Crippen MR) is 146 cm³/mol. The topological polar surface area (TPSA) is 86.2 Å². The first-order chi connectivity index (χ1) is 18.5. The van der Waals surface area contributed by atoms with Crippen LogP contribution in [-0.2, 0) is 6.61 Å². The fourth-order valence-electron chi connectivity index (χ4n) is 3.38. The Morgan fingerprint density at radius 3 is 2.26 bits per heavy atom. The third-order valence-corrected chi connectivity index (χ3v) is 5.55. The van der Waals surface area contributed by atoms with Gasteiger partial charge in [-0.25, -0.2) is 10.2 Å². The Morgan fingerprint density at radius 1 is 0.842 bits per heavy atom. The van der Waals surface area contributed by atoms with Gasteiger partial charge in [0.1, 0.15) is 12.4 Å². The number of hydrogen-bond donors (Lipinski definition) is 1. The third-order valence-electron chi connectivity index (χ3n) is 5.29. The van der Waals surface area contributed by atoms with Crippen LogP contribution in [0.1, 0.15) is 38.8 Å². The molecule has 0 radical (unpaired) electrons. The van der Waals surface area contributed by atoms with Gasteiger partial charge < -0.3 is 14.2 Å². The van der Waals surface area contributed by atoms with Crippen molar-refractivity contribution in [2.75, 3.05) is 6.61 Å². The fraction of sp³-hybridized carbons (Fsp3) is 0.100. The molecular weight excluding hydrogens is 504 g/mol. The minimum Gasteiger partial charge on any atom is -0.490 e. The average Bonchev–Trinajstić information content (AvgIpc) is 2.94. The maximum absolute atomic E-state index is 12.5. The highest BCUT2D eigenvalue weighted by Gasteiger charge is 2.13. The van der Waals surface area contributed by atoms with Crippen LogP contribution in [0.15, 0.2) is 102 Å². The van der Waals surface area contributed by atoms with E-state index in [4.69, 9.17) is 25.8 Å². The highest BCUT2D eigenvalue weighted by Crippen LogP contribution is 2.29. The van der Waals surface area contributed by atoms with E-state index in [9.17, 15) is 9.59 Å². The number of ether oxygens (including phenoxy) is 3. The quantitative estimate of drug-likeness (QED) is 0.113. The number of esters is 1. The summed E-state index contributed by atoms with van der Waals surface area (Å²) in [5.74, 6) is 0.398. The second kappa shape index (κ2) is 13.1. The van der Waals surface area contributed by atoms with Gasteiger partial charge in [-0.05, 0) is 84.8 Å². The average molecular weight is 529 g/mol. The molecule has 38 heavy (non-hydrogen) atoms. The maximum atomic E-state index is 12.5. The summed E-state index contributed by atoms with van der Waals surface area (Å²) in [5, 5.41) is 4.56. The largest absolute Gasteiger partial charge is 0.490 e. The van der Waals surface area contributed by atoms with Crippen molar-refractivity contribution in [1.82, 2.24) is 5.43 Å². The molecule has 0 spiro atoms. The van der Waals surface area contributed by atoms with Crippen LogP contribution < -0.4 is 19.6 Å². The molecule has 0 saturated heterocycles. The van der Waals surface area contributed by atoms with E-state index in [2.05, 4.69) is 10.5 Å². The van der Waals surface area contributed by atoms with Crippen LogP contribution in [0, 0.1) is 0 Å². The Kier molecular flexibility index (Phi) is 9.10. The summed E-state index contributed by atoms with van der Waals surface area (Å²) in [5.41, 5.74) is 5.00. The number of halogens is 1. The molecule has 0 bridgehead atoms. The smallest absolute Gasteiger partial charge is 0.343 e. The molecule has 0 fully saturated rings. The van der Waals surface area contributed by atoms with E-state index in [-0.39, 0.29) is 11.7 Å². The van der Waals surface area contributed by atoms with Gasteiger partial charge in [0, 0.05) is 10.6 Å². The lowest BCUT2D eigenvalue weighted by atomic mass is 10.2.